The maximum absolute atomic E-state index is 12.3. The minimum Gasteiger partial charge on any atom is -0.457 e. The molecule has 0 saturated carbocycles. The van der Waals surface area contributed by atoms with Gasteiger partial charge >= 0.3 is 12.1 Å². The molecule has 0 bridgehead atoms. The van der Waals surface area contributed by atoms with Gasteiger partial charge < -0.3 is 14.4 Å². The Bertz CT molecular complexity index is 933. The summed E-state index contributed by atoms with van der Waals surface area (Å²) >= 11 is 0. The van der Waals surface area contributed by atoms with Crippen LogP contribution in [0, 0.1) is 0 Å². The van der Waals surface area contributed by atoms with Crippen LogP contribution in [0.4, 0.5) is 4.79 Å². The number of cyclic esters (lactones) is 1. The molecule has 7 heteroatoms. The van der Waals surface area contributed by atoms with Gasteiger partial charge in [0.1, 0.15) is 12.2 Å². The van der Waals surface area contributed by atoms with Crippen LogP contribution in [0.1, 0.15) is 48.0 Å². The molecule has 140 valence electrons. The molecule has 3 heterocycles. The average molecular weight is 367 g/mol. The van der Waals surface area contributed by atoms with Crippen molar-refractivity contribution in [3.63, 3.8) is 0 Å². The highest BCUT2D eigenvalue weighted by Crippen LogP contribution is 2.27. The standard InChI is InChI=1S/C20H21N3O4/c1-20(2,3)27-19(25)23-7-6-16-14(10-23)9-21-17(22-16)12-4-5-15-13(8-12)11-26-18(15)24/h4-5,8-9H,6-7,10-11H2,1-3H3. The number of aromatic nitrogens is 2. The van der Waals surface area contributed by atoms with Crippen LogP contribution in [0.2, 0.25) is 0 Å². The lowest BCUT2D eigenvalue weighted by molar-refractivity contribution is 0.0222. The highest BCUT2D eigenvalue weighted by molar-refractivity contribution is 5.94. The SMILES string of the molecule is CC(C)(C)OC(=O)N1CCc2nc(-c3ccc4c(c3)COC4=O)ncc2C1. The second-order valence-electron chi connectivity index (χ2n) is 7.77. The summed E-state index contributed by atoms with van der Waals surface area (Å²) in [5.74, 6) is 0.326. The summed E-state index contributed by atoms with van der Waals surface area (Å²) in [4.78, 5) is 34.7. The van der Waals surface area contributed by atoms with Crippen LogP contribution in [-0.2, 0) is 29.0 Å². The molecule has 0 aliphatic carbocycles. The maximum atomic E-state index is 12.3. The Labute approximate surface area is 157 Å². The fourth-order valence-corrected chi connectivity index (χ4v) is 3.21. The first-order valence-electron chi connectivity index (χ1n) is 8.93. The van der Waals surface area contributed by atoms with E-state index < -0.39 is 5.60 Å². The lowest BCUT2D eigenvalue weighted by atomic mass is 10.0. The third kappa shape index (κ3) is 3.49. The van der Waals surface area contributed by atoms with Crippen molar-refractivity contribution in [2.24, 2.45) is 0 Å². The number of rotatable bonds is 1. The van der Waals surface area contributed by atoms with Gasteiger partial charge in [-0.15, -0.1) is 0 Å². The van der Waals surface area contributed by atoms with Crippen molar-refractivity contribution < 1.29 is 19.1 Å². The Kier molecular flexibility index (Phi) is 4.09. The van der Waals surface area contributed by atoms with Crippen LogP contribution in [-0.4, -0.2) is 39.1 Å². The summed E-state index contributed by atoms with van der Waals surface area (Å²) in [6, 6.07) is 5.49. The van der Waals surface area contributed by atoms with Gasteiger partial charge in [0.25, 0.3) is 0 Å². The van der Waals surface area contributed by atoms with Gasteiger partial charge in [0, 0.05) is 35.9 Å². The van der Waals surface area contributed by atoms with E-state index in [4.69, 9.17) is 9.47 Å². The number of amides is 1. The summed E-state index contributed by atoms with van der Waals surface area (Å²) in [5, 5.41) is 0. The molecule has 1 aromatic carbocycles. The Morgan fingerprint density at radius 3 is 2.85 bits per heavy atom. The Balaban J connectivity index is 1.54. The quantitative estimate of drug-likeness (QED) is 0.721. The molecule has 2 aliphatic heterocycles. The largest absolute Gasteiger partial charge is 0.457 e. The van der Waals surface area contributed by atoms with E-state index in [0.29, 0.717) is 30.9 Å². The van der Waals surface area contributed by atoms with Gasteiger partial charge in [0.2, 0.25) is 0 Å². The molecule has 1 aromatic heterocycles. The van der Waals surface area contributed by atoms with E-state index in [1.807, 2.05) is 32.9 Å². The Morgan fingerprint density at radius 2 is 2.07 bits per heavy atom. The molecule has 0 saturated heterocycles. The van der Waals surface area contributed by atoms with Crippen molar-refractivity contribution in [3.8, 4) is 11.4 Å². The smallest absolute Gasteiger partial charge is 0.410 e. The molecular weight excluding hydrogens is 346 g/mol. The number of ether oxygens (including phenoxy) is 2. The first-order chi connectivity index (χ1) is 12.8. The molecule has 0 atom stereocenters. The third-order valence-electron chi connectivity index (χ3n) is 4.53. The van der Waals surface area contributed by atoms with Crippen molar-refractivity contribution in [1.29, 1.82) is 0 Å². The van der Waals surface area contributed by atoms with Crippen molar-refractivity contribution >= 4 is 12.1 Å². The molecule has 2 aromatic rings. The first kappa shape index (κ1) is 17.5. The van der Waals surface area contributed by atoms with Crippen molar-refractivity contribution in [2.45, 2.75) is 45.9 Å². The number of hydrogen-bond acceptors (Lipinski definition) is 6. The number of nitrogens with zero attached hydrogens (tertiary/aromatic N) is 3. The highest BCUT2D eigenvalue weighted by Gasteiger charge is 2.27. The summed E-state index contributed by atoms with van der Waals surface area (Å²) in [6.45, 7) is 6.86. The van der Waals surface area contributed by atoms with E-state index in [2.05, 4.69) is 9.97 Å². The monoisotopic (exact) mass is 367 g/mol. The van der Waals surface area contributed by atoms with Crippen LogP contribution >= 0.6 is 0 Å². The second kappa shape index (κ2) is 6.33. The molecule has 0 spiro atoms. The number of carbonyl (C=O) groups excluding carboxylic acids is 2. The third-order valence-corrected chi connectivity index (χ3v) is 4.53. The van der Waals surface area contributed by atoms with Crippen LogP contribution in [0.15, 0.2) is 24.4 Å². The van der Waals surface area contributed by atoms with Gasteiger partial charge in [-0.05, 0) is 32.9 Å². The maximum Gasteiger partial charge on any atom is 0.410 e. The summed E-state index contributed by atoms with van der Waals surface area (Å²) in [7, 11) is 0. The predicted molar refractivity (Wildman–Crippen MR) is 96.9 cm³/mol. The molecule has 4 rings (SSSR count). The summed E-state index contributed by atoms with van der Waals surface area (Å²) in [5.41, 5.74) is 3.66. The number of esters is 1. The van der Waals surface area contributed by atoms with E-state index in [9.17, 15) is 9.59 Å². The van der Waals surface area contributed by atoms with Gasteiger partial charge in [-0.1, -0.05) is 6.07 Å². The molecule has 0 N–H and O–H groups in total. The van der Waals surface area contributed by atoms with E-state index >= 15 is 0 Å². The molecule has 7 nitrogen and oxygen atoms in total. The minimum absolute atomic E-state index is 0.287. The lowest BCUT2D eigenvalue weighted by Gasteiger charge is -2.30. The van der Waals surface area contributed by atoms with Gasteiger partial charge in [0.15, 0.2) is 5.82 Å². The topological polar surface area (TPSA) is 81.6 Å². The zero-order valence-electron chi connectivity index (χ0n) is 15.6. The van der Waals surface area contributed by atoms with Crippen molar-refractivity contribution in [1.82, 2.24) is 14.9 Å². The van der Waals surface area contributed by atoms with E-state index in [1.165, 1.54) is 0 Å². The second-order valence-corrected chi connectivity index (χ2v) is 7.77. The molecule has 0 radical (unpaired) electrons. The first-order valence-corrected chi connectivity index (χ1v) is 8.93. The van der Waals surface area contributed by atoms with Crippen LogP contribution in [0.3, 0.4) is 0 Å². The Morgan fingerprint density at radius 1 is 1.26 bits per heavy atom. The summed E-state index contributed by atoms with van der Waals surface area (Å²) in [6.07, 6.45) is 2.10. The normalized spacial score (nSPS) is 15.8. The predicted octanol–water partition coefficient (Wildman–Crippen LogP) is 3.11. The molecule has 1 amide bonds. The fraction of sp³-hybridized carbons (Fsp3) is 0.400. The lowest BCUT2D eigenvalue weighted by Crippen LogP contribution is -2.40. The van der Waals surface area contributed by atoms with Crippen LogP contribution in [0.5, 0.6) is 0 Å². The zero-order chi connectivity index (χ0) is 19.2. The molecule has 2 aliphatic rings. The molecule has 0 fully saturated rings. The van der Waals surface area contributed by atoms with E-state index in [0.717, 1.165) is 22.4 Å². The van der Waals surface area contributed by atoms with Gasteiger partial charge in [-0.3, -0.25) is 0 Å². The van der Waals surface area contributed by atoms with Crippen molar-refractivity contribution in [3.05, 3.63) is 46.8 Å². The molecular formula is C20H21N3O4. The number of benzene rings is 1. The van der Waals surface area contributed by atoms with Crippen molar-refractivity contribution in [2.75, 3.05) is 6.54 Å². The zero-order valence-corrected chi connectivity index (χ0v) is 15.6. The fourth-order valence-electron chi connectivity index (χ4n) is 3.21. The van der Waals surface area contributed by atoms with Gasteiger partial charge in [0.05, 0.1) is 17.8 Å². The number of carbonyl (C=O) groups is 2. The van der Waals surface area contributed by atoms with Gasteiger partial charge in [-0.2, -0.15) is 0 Å². The highest BCUT2D eigenvalue weighted by atomic mass is 16.6. The van der Waals surface area contributed by atoms with E-state index in [-0.39, 0.29) is 18.7 Å². The van der Waals surface area contributed by atoms with Crippen LogP contribution in [0.25, 0.3) is 11.4 Å². The number of hydrogen-bond donors (Lipinski definition) is 0. The minimum atomic E-state index is -0.517. The molecule has 27 heavy (non-hydrogen) atoms. The molecule has 0 unspecified atom stereocenters. The summed E-state index contributed by atoms with van der Waals surface area (Å²) < 4.78 is 10.5. The Hall–Kier alpha value is -2.96. The van der Waals surface area contributed by atoms with Gasteiger partial charge in [-0.25, -0.2) is 19.6 Å². The van der Waals surface area contributed by atoms with Crippen LogP contribution < -0.4 is 0 Å². The average Bonchev–Trinajstić information content (AvgIpc) is 3.00. The number of fused-ring (bicyclic) bond motifs is 2. The van der Waals surface area contributed by atoms with E-state index in [1.54, 1.807) is 17.2 Å².